The maximum absolute atomic E-state index is 10.4. The second-order valence-corrected chi connectivity index (χ2v) is 6.20. The summed E-state index contributed by atoms with van der Waals surface area (Å²) in [7, 11) is 0. The summed E-state index contributed by atoms with van der Waals surface area (Å²) in [4.78, 5) is 0. The molecular weight excluding hydrogens is 346 g/mol. The highest BCUT2D eigenvalue weighted by Gasteiger charge is 2.57. The lowest BCUT2D eigenvalue weighted by atomic mass is 9.90. The van der Waals surface area contributed by atoms with Crippen LogP contribution < -0.4 is 5.32 Å². The van der Waals surface area contributed by atoms with E-state index in [-0.39, 0.29) is 0 Å². The van der Waals surface area contributed by atoms with E-state index in [4.69, 9.17) is 19.7 Å². The van der Waals surface area contributed by atoms with Gasteiger partial charge in [0.2, 0.25) is 0 Å². The minimum Gasteiger partial charge on any atom is -0.395 e. The molecule has 0 aromatic heterocycles. The molecule has 2 fully saturated rings. The van der Waals surface area contributed by atoms with Crippen LogP contribution >= 0.6 is 0 Å². The number of aliphatic hydroxyl groups is 9. The van der Waals surface area contributed by atoms with E-state index in [2.05, 4.69) is 5.32 Å². The minimum absolute atomic E-state index is 0.553. The molecule has 0 spiro atoms. The Morgan fingerprint density at radius 2 is 1.40 bits per heavy atom. The molecule has 2 heterocycles. The van der Waals surface area contributed by atoms with Gasteiger partial charge in [-0.15, -0.1) is 0 Å². The van der Waals surface area contributed by atoms with Gasteiger partial charge in [0.15, 0.2) is 6.10 Å². The summed E-state index contributed by atoms with van der Waals surface area (Å²) in [5.41, 5.74) is 0. The fourth-order valence-electron chi connectivity index (χ4n) is 3.02. The molecule has 12 heteroatoms. The highest BCUT2D eigenvalue weighted by molar-refractivity contribution is 5.01. The van der Waals surface area contributed by atoms with E-state index in [1.54, 1.807) is 0 Å². The van der Waals surface area contributed by atoms with Gasteiger partial charge in [0, 0.05) is 0 Å². The lowest BCUT2D eigenvalue weighted by molar-refractivity contribution is -0.465. The Labute approximate surface area is 142 Å². The fourth-order valence-corrected chi connectivity index (χ4v) is 3.02. The number of nitrogens with one attached hydrogen (secondary N) is 1. The first kappa shape index (κ1) is 20.8. The molecule has 0 bridgehead atoms. The van der Waals surface area contributed by atoms with Crippen molar-refractivity contribution in [2.24, 2.45) is 0 Å². The van der Waals surface area contributed by atoms with E-state index in [1.807, 2.05) is 0 Å². The molecule has 10 N–H and O–H groups in total. The number of hydrogen-bond acceptors (Lipinski definition) is 12. The average molecular weight is 371 g/mol. The minimum atomic E-state index is -2.95. The summed E-state index contributed by atoms with van der Waals surface area (Å²) in [5.74, 6) is -2.95. The van der Waals surface area contributed by atoms with Gasteiger partial charge in [-0.2, -0.15) is 0 Å². The van der Waals surface area contributed by atoms with Crippen LogP contribution in [-0.2, 0) is 9.47 Å². The molecule has 0 amide bonds. The molecule has 2 saturated heterocycles. The highest BCUT2D eigenvalue weighted by Crippen LogP contribution is 2.32. The molecule has 0 radical (unpaired) electrons. The molecule has 25 heavy (non-hydrogen) atoms. The summed E-state index contributed by atoms with van der Waals surface area (Å²) in [6.45, 7) is -2.01. The van der Waals surface area contributed by atoms with Crippen LogP contribution in [0.3, 0.4) is 0 Å². The van der Waals surface area contributed by atoms with Gasteiger partial charge in [-0.05, 0) is 0 Å². The molecule has 12 nitrogen and oxygen atoms in total. The highest BCUT2D eigenvalue weighted by atomic mass is 16.8. The zero-order valence-electron chi connectivity index (χ0n) is 13.2. The second kappa shape index (κ2) is 8.04. The SMILES string of the molecule is OC[C@H]1N[C@H](CO)[C@H](O[C@]2(O)O[C@H](CO)[C@H](O)[C@H](O)[C@H]2O)[C@@H](O)[C@@H]1O. The van der Waals surface area contributed by atoms with Crippen LogP contribution in [0.1, 0.15) is 0 Å². The van der Waals surface area contributed by atoms with Gasteiger partial charge in [0.05, 0.1) is 38.0 Å². The Balaban J connectivity index is 2.22. The third kappa shape index (κ3) is 3.80. The lowest BCUT2D eigenvalue weighted by Crippen LogP contribution is -2.72. The Morgan fingerprint density at radius 3 is 1.92 bits per heavy atom. The van der Waals surface area contributed by atoms with Crippen LogP contribution in [0, 0.1) is 0 Å². The zero-order chi connectivity index (χ0) is 18.9. The van der Waals surface area contributed by atoms with Crippen LogP contribution in [0.5, 0.6) is 0 Å². The average Bonchev–Trinajstić information content (AvgIpc) is 2.61. The van der Waals surface area contributed by atoms with Gasteiger partial charge in [-0.25, -0.2) is 0 Å². The maximum Gasteiger partial charge on any atom is 0.311 e. The Bertz CT molecular complexity index is 438. The number of piperidine rings is 1. The van der Waals surface area contributed by atoms with Crippen molar-refractivity contribution in [3.63, 3.8) is 0 Å². The van der Waals surface area contributed by atoms with Crippen LogP contribution in [0.25, 0.3) is 0 Å². The monoisotopic (exact) mass is 371 g/mol. The van der Waals surface area contributed by atoms with E-state index >= 15 is 0 Å². The molecule has 0 unspecified atom stereocenters. The van der Waals surface area contributed by atoms with Crippen molar-refractivity contribution in [3.8, 4) is 0 Å². The predicted molar refractivity (Wildman–Crippen MR) is 76.7 cm³/mol. The summed E-state index contributed by atoms with van der Waals surface area (Å²) in [6.07, 6.45) is -12.1. The molecule has 0 saturated carbocycles. The van der Waals surface area contributed by atoms with E-state index in [0.717, 1.165) is 0 Å². The van der Waals surface area contributed by atoms with Crippen molar-refractivity contribution in [1.29, 1.82) is 0 Å². The van der Waals surface area contributed by atoms with Crippen molar-refractivity contribution in [2.75, 3.05) is 19.8 Å². The van der Waals surface area contributed by atoms with Gasteiger partial charge in [0.1, 0.15) is 30.5 Å². The van der Waals surface area contributed by atoms with Crippen molar-refractivity contribution in [3.05, 3.63) is 0 Å². The first-order valence-corrected chi connectivity index (χ1v) is 7.77. The van der Waals surface area contributed by atoms with Crippen molar-refractivity contribution < 1.29 is 55.4 Å². The third-order valence-corrected chi connectivity index (χ3v) is 4.55. The molecule has 2 aliphatic heterocycles. The third-order valence-electron chi connectivity index (χ3n) is 4.55. The first-order valence-electron chi connectivity index (χ1n) is 7.77. The molecule has 10 atom stereocenters. The van der Waals surface area contributed by atoms with Crippen LogP contribution in [0.2, 0.25) is 0 Å². The number of ether oxygens (including phenoxy) is 2. The Hall–Kier alpha value is -0.480. The van der Waals surface area contributed by atoms with E-state index in [0.29, 0.717) is 0 Å². The number of hydrogen-bond donors (Lipinski definition) is 10. The van der Waals surface area contributed by atoms with Gasteiger partial charge in [-0.1, -0.05) is 0 Å². The largest absolute Gasteiger partial charge is 0.395 e. The van der Waals surface area contributed by atoms with Gasteiger partial charge < -0.3 is 60.7 Å². The molecule has 0 aromatic rings. The van der Waals surface area contributed by atoms with Gasteiger partial charge in [0.25, 0.3) is 0 Å². The molecule has 0 aliphatic carbocycles. The summed E-state index contributed by atoms with van der Waals surface area (Å²) in [5, 5.41) is 90.3. The van der Waals surface area contributed by atoms with Crippen LogP contribution in [-0.4, -0.2) is 127 Å². The molecular formula is C13H25NO11. The quantitative estimate of drug-likeness (QED) is 0.204. The van der Waals surface area contributed by atoms with Crippen LogP contribution in [0.4, 0.5) is 0 Å². The zero-order valence-corrected chi connectivity index (χ0v) is 13.2. The van der Waals surface area contributed by atoms with Gasteiger partial charge >= 0.3 is 5.97 Å². The predicted octanol–water partition coefficient (Wildman–Crippen LogP) is -6.46. The van der Waals surface area contributed by atoms with Crippen molar-refractivity contribution in [1.82, 2.24) is 5.32 Å². The topological polar surface area (TPSA) is 213 Å². The van der Waals surface area contributed by atoms with Crippen LogP contribution in [0.15, 0.2) is 0 Å². The normalized spacial score (nSPS) is 51.5. The maximum atomic E-state index is 10.4. The molecule has 2 aliphatic rings. The fraction of sp³-hybridized carbons (Fsp3) is 1.00. The van der Waals surface area contributed by atoms with E-state index < -0.39 is 80.6 Å². The smallest absolute Gasteiger partial charge is 0.311 e. The van der Waals surface area contributed by atoms with E-state index in [1.165, 1.54) is 0 Å². The molecule has 2 rings (SSSR count). The summed E-state index contributed by atoms with van der Waals surface area (Å²) >= 11 is 0. The Kier molecular flexibility index (Phi) is 6.70. The number of rotatable bonds is 5. The Morgan fingerprint density at radius 1 is 0.800 bits per heavy atom. The lowest BCUT2D eigenvalue weighted by Gasteiger charge is -2.49. The van der Waals surface area contributed by atoms with Crippen molar-refractivity contribution in [2.45, 2.75) is 60.8 Å². The summed E-state index contributed by atoms with van der Waals surface area (Å²) in [6, 6.07) is -2.05. The standard InChI is InChI=1S/C13H25NO11/c15-1-4-7(18)9(20)11(5(2-16)14-4)25-13(23)12(22)10(21)8(19)6(3-17)24-13/h4-12,14-23H,1-3H2/t4-,5-,6-,7-,8+,9+,10+,11+,12-,13-/m1/s1. The molecule has 148 valence electrons. The van der Waals surface area contributed by atoms with E-state index in [9.17, 15) is 35.7 Å². The second-order valence-electron chi connectivity index (χ2n) is 6.20. The van der Waals surface area contributed by atoms with Gasteiger partial charge in [-0.3, -0.25) is 0 Å². The summed E-state index contributed by atoms with van der Waals surface area (Å²) < 4.78 is 10.1. The van der Waals surface area contributed by atoms with Crippen molar-refractivity contribution >= 4 is 0 Å². The number of aliphatic hydroxyl groups excluding tert-OH is 8. The molecule has 0 aromatic carbocycles. The first-order chi connectivity index (χ1) is 11.7.